The average molecular weight is 273 g/mol. The van der Waals surface area contributed by atoms with E-state index in [9.17, 15) is 0 Å². The zero-order chi connectivity index (χ0) is 14.6. The van der Waals surface area contributed by atoms with Gasteiger partial charge in [-0.25, -0.2) is 0 Å². The molecule has 0 radical (unpaired) electrons. The fraction of sp³-hybridized carbons (Fsp3) is 0.684. The molecular weight excluding hydrogens is 242 g/mol. The SMILES string of the molecule is CCCNCC1(c2ccc(C(C)(C)C)cc2)CCCC1. The van der Waals surface area contributed by atoms with Gasteiger partial charge in [-0.1, -0.05) is 64.8 Å². The minimum Gasteiger partial charge on any atom is -0.316 e. The van der Waals surface area contributed by atoms with Gasteiger partial charge in [-0.3, -0.25) is 0 Å². The van der Waals surface area contributed by atoms with Crippen LogP contribution >= 0.6 is 0 Å². The summed E-state index contributed by atoms with van der Waals surface area (Å²) in [7, 11) is 0. The van der Waals surface area contributed by atoms with Crippen LogP contribution in [0.1, 0.15) is 70.9 Å². The molecule has 1 heteroatoms. The third kappa shape index (κ3) is 3.44. The molecule has 112 valence electrons. The molecule has 0 amide bonds. The molecule has 0 saturated heterocycles. The predicted octanol–water partition coefficient (Wildman–Crippen LogP) is 4.80. The van der Waals surface area contributed by atoms with Crippen LogP contribution in [0.15, 0.2) is 24.3 Å². The first-order valence-corrected chi connectivity index (χ1v) is 8.30. The molecule has 0 aliphatic heterocycles. The Bertz CT molecular complexity index is 404. The summed E-state index contributed by atoms with van der Waals surface area (Å²) in [5.41, 5.74) is 3.63. The third-order valence-electron chi connectivity index (χ3n) is 4.81. The van der Waals surface area contributed by atoms with Crippen molar-refractivity contribution in [3.05, 3.63) is 35.4 Å². The quantitative estimate of drug-likeness (QED) is 0.760. The molecule has 1 aromatic carbocycles. The topological polar surface area (TPSA) is 12.0 Å². The van der Waals surface area contributed by atoms with Crippen LogP contribution < -0.4 is 5.32 Å². The van der Waals surface area contributed by atoms with Crippen molar-refractivity contribution in [2.75, 3.05) is 13.1 Å². The van der Waals surface area contributed by atoms with Gasteiger partial charge in [-0.05, 0) is 42.3 Å². The van der Waals surface area contributed by atoms with Crippen LogP contribution in [-0.4, -0.2) is 13.1 Å². The third-order valence-corrected chi connectivity index (χ3v) is 4.81. The van der Waals surface area contributed by atoms with Gasteiger partial charge in [0.15, 0.2) is 0 Å². The van der Waals surface area contributed by atoms with Crippen molar-refractivity contribution in [3.8, 4) is 0 Å². The number of benzene rings is 1. The Hall–Kier alpha value is -0.820. The molecule has 1 aromatic rings. The average Bonchev–Trinajstić information content (AvgIpc) is 2.88. The molecule has 1 nitrogen and oxygen atoms in total. The van der Waals surface area contributed by atoms with Crippen LogP contribution in [0.4, 0.5) is 0 Å². The van der Waals surface area contributed by atoms with Crippen molar-refractivity contribution in [1.29, 1.82) is 0 Å². The summed E-state index contributed by atoms with van der Waals surface area (Å²) in [6.45, 7) is 11.4. The van der Waals surface area contributed by atoms with Gasteiger partial charge in [-0.15, -0.1) is 0 Å². The maximum Gasteiger partial charge on any atom is 0.00777 e. The minimum absolute atomic E-state index is 0.252. The van der Waals surface area contributed by atoms with E-state index in [4.69, 9.17) is 0 Å². The maximum absolute atomic E-state index is 3.66. The first-order chi connectivity index (χ1) is 9.48. The molecule has 1 N–H and O–H groups in total. The Morgan fingerprint density at radius 2 is 1.65 bits per heavy atom. The molecule has 0 heterocycles. The summed E-state index contributed by atoms with van der Waals surface area (Å²) in [6, 6.07) is 9.46. The second-order valence-corrected chi connectivity index (χ2v) is 7.49. The second kappa shape index (κ2) is 6.30. The molecule has 0 aromatic heterocycles. The summed E-state index contributed by atoms with van der Waals surface area (Å²) < 4.78 is 0. The Morgan fingerprint density at radius 3 is 2.15 bits per heavy atom. The lowest BCUT2D eigenvalue weighted by molar-refractivity contribution is 0.405. The Labute approximate surface area is 125 Å². The normalized spacial score (nSPS) is 18.4. The van der Waals surface area contributed by atoms with E-state index in [0.717, 1.165) is 13.1 Å². The van der Waals surface area contributed by atoms with Crippen LogP contribution in [0.2, 0.25) is 0 Å². The van der Waals surface area contributed by atoms with Gasteiger partial charge < -0.3 is 5.32 Å². The fourth-order valence-electron chi connectivity index (χ4n) is 3.45. The molecular formula is C19H31N. The molecule has 0 unspecified atom stereocenters. The lowest BCUT2D eigenvalue weighted by Gasteiger charge is -2.31. The summed E-state index contributed by atoms with van der Waals surface area (Å²) >= 11 is 0. The van der Waals surface area contributed by atoms with E-state index in [2.05, 4.69) is 57.3 Å². The number of rotatable bonds is 5. The Morgan fingerprint density at radius 1 is 1.05 bits per heavy atom. The molecule has 0 bridgehead atoms. The van der Waals surface area contributed by atoms with E-state index < -0.39 is 0 Å². The van der Waals surface area contributed by atoms with Crippen LogP contribution in [-0.2, 0) is 10.8 Å². The standard InChI is InChI=1S/C19H31N/c1-5-14-20-15-19(12-6-7-13-19)17-10-8-16(9-11-17)18(2,3)4/h8-11,20H,5-7,12-15H2,1-4H3. The van der Waals surface area contributed by atoms with Gasteiger partial charge in [0.2, 0.25) is 0 Å². The summed E-state index contributed by atoms with van der Waals surface area (Å²) in [6.07, 6.45) is 6.68. The minimum atomic E-state index is 0.252. The number of hydrogen-bond acceptors (Lipinski definition) is 1. The molecule has 2 rings (SSSR count). The molecule has 1 aliphatic rings. The van der Waals surface area contributed by atoms with Crippen molar-refractivity contribution in [3.63, 3.8) is 0 Å². The Kier molecular flexibility index (Phi) is 4.90. The van der Waals surface area contributed by atoms with E-state index >= 15 is 0 Å². The van der Waals surface area contributed by atoms with Gasteiger partial charge in [0.05, 0.1) is 0 Å². The molecule has 1 fully saturated rings. The molecule has 20 heavy (non-hydrogen) atoms. The van der Waals surface area contributed by atoms with E-state index in [-0.39, 0.29) is 5.41 Å². The van der Waals surface area contributed by atoms with Crippen LogP contribution in [0, 0.1) is 0 Å². The van der Waals surface area contributed by atoms with Crippen molar-refractivity contribution in [2.45, 2.75) is 70.6 Å². The number of nitrogens with one attached hydrogen (secondary N) is 1. The molecule has 1 saturated carbocycles. The van der Waals surface area contributed by atoms with Crippen molar-refractivity contribution in [2.24, 2.45) is 0 Å². The van der Waals surface area contributed by atoms with Crippen LogP contribution in [0.25, 0.3) is 0 Å². The zero-order valence-corrected chi connectivity index (χ0v) is 13.8. The van der Waals surface area contributed by atoms with Gasteiger partial charge in [-0.2, -0.15) is 0 Å². The van der Waals surface area contributed by atoms with E-state index in [1.54, 1.807) is 5.56 Å². The lowest BCUT2D eigenvalue weighted by atomic mass is 9.77. The highest BCUT2D eigenvalue weighted by molar-refractivity contribution is 5.33. The summed E-state index contributed by atoms with van der Waals surface area (Å²) in [5.74, 6) is 0. The summed E-state index contributed by atoms with van der Waals surface area (Å²) in [4.78, 5) is 0. The number of hydrogen-bond donors (Lipinski definition) is 1. The lowest BCUT2D eigenvalue weighted by Crippen LogP contribution is -2.36. The first kappa shape index (κ1) is 15.6. The summed E-state index contributed by atoms with van der Waals surface area (Å²) in [5, 5.41) is 3.66. The van der Waals surface area contributed by atoms with Gasteiger partial charge in [0.25, 0.3) is 0 Å². The predicted molar refractivity (Wildman–Crippen MR) is 88.4 cm³/mol. The van der Waals surface area contributed by atoms with Gasteiger partial charge in [0, 0.05) is 12.0 Å². The van der Waals surface area contributed by atoms with Crippen molar-refractivity contribution >= 4 is 0 Å². The van der Waals surface area contributed by atoms with Crippen molar-refractivity contribution < 1.29 is 0 Å². The first-order valence-electron chi connectivity index (χ1n) is 8.30. The van der Waals surface area contributed by atoms with Crippen molar-refractivity contribution in [1.82, 2.24) is 5.32 Å². The fourth-order valence-corrected chi connectivity index (χ4v) is 3.45. The highest BCUT2D eigenvalue weighted by Crippen LogP contribution is 2.41. The molecule has 0 spiro atoms. The zero-order valence-electron chi connectivity index (χ0n) is 13.8. The van der Waals surface area contributed by atoms with E-state index in [0.29, 0.717) is 5.41 Å². The van der Waals surface area contributed by atoms with Gasteiger partial charge >= 0.3 is 0 Å². The van der Waals surface area contributed by atoms with E-state index in [1.165, 1.54) is 37.7 Å². The van der Waals surface area contributed by atoms with E-state index in [1.807, 2.05) is 0 Å². The molecule has 0 atom stereocenters. The highest BCUT2D eigenvalue weighted by atomic mass is 14.9. The van der Waals surface area contributed by atoms with Crippen LogP contribution in [0.5, 0.6) is 0 Å². The highest BCUT2D eigenvalue weighted by Gasteiger charge is 2.35. The largest absolute Gasteiger partial charge is 0.316 e. The van der Waals surface area contributed by atoms with Crippen LogP contribution in [0.3, 0.4) is 0 Å². The monoisotopic (exact) mass is 273 g/mol. The Balaban J connectivity index is 2.17. The smallest absolute Gasteiger partial charge is 0.00777 e. The second-order valence-electron chi connectivity index (χ2n) is 7.49. The van der Waals surface area contributed by atoms with Gasteiger partial charge in [0.1, 0.15) is 0 Å². The molecule has 1 aliphatic carbocycles. The maximum atomic E-state index is 3.66.